The van der Waals surface area contributed by atoms with Crippen LogP contribution in [0.15, 0.2) is 77.7 Å². The van der Waals surface area contributed by atoms with Crippen LogP contribution in [0.4, 0.5) is 11.4 Å². The van der Waals surface area contributed by atoms with E-state index in [1.54, 1.807) is 24.3 Å². The van der Waals surface area contributed by atoms with Crippen LogP contribution >= 0.6 is 0 Å². The van der Waals surface area contributed by atoms with E-state index in [0.717, 1.165) is 24.2 Å². The summed E-state index contributed by atoms with van der Waals surface area (Å²) in [6.45, 7) is 15.3. The van der Waals surface area contributed by atoms with Crippen molar-refractivity contribution in [3.8, 4) is 11.5 Å². The third kappa shape index (κ3) is 8.28. The van der Waals surface area contributed by atoms with E-state index in [-0.39, 0.29) is 45.2 Å². The van der Waals surface area contributed by atoms with Gasteiger partial charge in [0.1, 0.15) is 11.5 Å². The first kappa shape index (κ1) is 36.3. The zero-order chi connectivity index (χ0) is 35.3. The second kappa shape index (κ2) is 14.7. The largest absolute Gasteiger partial charge is 0.506 e. The molecule has 0 radical (unpaired) electrons. The number of nitrogens with one attached hydrogen (secondary N) is 3. The number of amides is 2. The molecule has 0 atom stereocenters. The van der Waals surface area contributed by atoms with Crippen LogP contribution in [0.5, 0.6) is 11.5 Å². The van der Waals surface area contributed by atoms with Gasteiger partial charge < -0.3 is 20.5 Å². The molecule has 0 spiro atoms. The molecule has 256 valence electrons. The van der Waals surface area contributed by atoms with E-state index in [1.165, 1.54) is 42.8 Å². The summed E-state index contributed by atoms with van der Waals surface area (Å²) in [4.78, 5) is 24.6. The Hall–Kier alpha value is -4.57. The Morgan fingerprint density at radius 2 is 1.50 bits per heavy atom. The van der Waals surface area contributed by atoms with Crippen LogP contribution in [0.1, 0.15) is 89.2 Å². The van der Waals surface area contributed by atoms with E-state index in [2.05, 4.69) is 69.0 Å². The number of carbonyl (C=O) groups is 2. The SMILES string of the molecule is CCC(C)(C)c1ccc(OCCCNC(=O)c2cc(NS(=O)(=O)c3ccc(NC(C)=O)cc3)c3ccccc3c2O)c(C(C)(C)CC)c1. The van der Waals surface area contributed by atoms with Gasteiger partial charge >= 0.3 is 0 Å². The molecular weight excluding hydrogens is 627 g/mol. The molecular formula is C38H47N3O6S. The minimum atomic E-state index is -4.08. The molecule has 48 heavy (non-hydrogen) atoms. The highest BCUT2D eigenvalue weighted by atomic mass is 32.2. The van der Waals surface area contributed by atoms with Crippen molar-refractivity contribution >= 4 is 44.0 Å². The lowest BCUT2D eigenvalue weighted by Crippen LogP contribution is -2.26. The highest BCUT2D eigenvalue weighted by molar-refractivity contribution is 7.92. The maximum absolute atomic E-state index is 13.3. The van der Waals surface area contributed by atoms with Gasteiger partial charge in [-0.25, -0.2) is 8.42 Å². The average Bonchev–Trinajstić information content (AvgIpc) is 3.05. The molecule has 10 heteroatoms. The van der Waals surface area contributed by atoms with Crippen molar-refractivity contribution in [2.24, 2.45) is 0 Å². The summed E-state index contributed by atoms with van der Waals surface area (Å²) in [6.07, 6.45) is 2.49. The number of benzene rings is 4. The zero-order valence-electron chi connectivity index (χ0n) is 28.9. The fourth-order valence-corrected chi connectivity index (χ4v) is 6.36. The van der Waals surface area contributed by atoms with Crippen LogP contribution in [0.2, 0.25) is 0 Å². The van der Waals surface area contributed by atoms with E-state index < -0.39 is 15.9 Å². The number of carbonyl (C=O) groups excluding carboxylic acids is 2. The van der Waals surface area contributed by atoms with E-state index in [4.69, 9.17) is 4.74 Å². The van der Waals surface area contributed by atoms with E-state index in [0.29, 0.717) is 29.5 Å². The fraction of sp³-hybridized carbons (Fsp3) is 0.368. The van der Waals surface area contributed by atoms with Gasteiger partial charge in [-0.15, -0.1) is 0 Å². The van der Waals surface area contributed by atoms with Gasteiger partial charge in [-0.1, -0.05) is 77.9 Å². The smallest absolute Gasteiger partial charge is 0.261 e. The maximum atomic E-state index is 13.3. The Morgan fingerprint density at radius 3 is 2.12 bits per heavy atom. The molecule has 0 heterocycles. The van der Waals surface area contributed by atoms with Gasteiger partial charge in [0.2, 0.25) is 5.91 Å². The van der Waals surface area contributed by atoms with Gasteiger partial charge in [0.05, 0.1) is 22.8 Å². The molecule has 0 saturated carbocycles. The molecule has 0 aliphatic carbocycles. The standard InChI is InChI=1S/C38H47N3O6S/c1-8-37(4,5)26-15-20-34(32(23-26)38(6,7)9-2)47-22-12-21-39-36(44)31-24-33(29-13-10-11-14-30(29)35(31)43)41-48(45,46)28-18-16-27(17-19-28)40-25(3)42/h10-11,13-20,23-24,41,43H,8-9,12,21-22H2,1-7H3,(H,39,44)(H,40,42). The van der Waals surface area contributed by atoms with Crippen molar-refractivity contribution in [2.45, 2.75) is 83.5 Å². The molecule has 4 rings (SSSR count). The van der Waals surface area contributed by atoms with E-state index in [9.17, 15) is 23.1 Å². The molecule has 4 N–H and O–H groups in total. The van der Waals surface area contributed by atoms with Gasteiger partial charge in [-0.05, 0) is 72.1 Å². The maximum Gasteiger partial charge on any atom is 0.261 e. The minimum absolute atomic E-state index is 0.0334. The molecule has 2 amide bonds. The highest BCUT2D eigenvalue weighted by Crippen LogP contribution is 2.39. The summed E-state index contributed by atoms with van der Waals surface area (Å²) in [6, 6.07) is 20.2. The second-order valence-electron chi connectivity index (χ2n) is 13.3. The lowest BCUT2D eigenvalue weighted by molar-refractivity contribution is -0.114. The first-order valence-electron chi connectivity index (χ1n) is 16.3. The second-order valence-corrected chi connectivity index (χ2v) is 15.0. The number of sulfonamides is 1. The number of hydrogen-bond donors (Lipinski definition) is 4. The molecule has 0 aliphatic rings. The Morgan fingerprint density at radius 1 is 0.854 bits per heavy atom. The number of phenols is 1. The van der Waals surface area contributed by atoms with Crippen LogP contribution in [-0.2, 0) is 25.6 Å². The van der Waals surface area contributed by atoms with Gasteiger partial charge in [0.15, 0.2) is 0 Å². The summed E-state index contributed by atoms with van der Waals surface area (Å²) < 4.78 is 35.4. The van der Waals surface area contributed by atoms with Crippen molar-refractivity contribution in [3.63, 3.8) is 0 Å². The first-order chi connectivity index (χ1) is 22.6. The first-order valence-corrected chi connectivity index (χ1v) is 17.8. The summed E-state index contributed by atoms with van der Waals surface area (Å²) in [5, 5.41) is 17.2. The lowest BCUT2D eigenvalue weighted by atomic mass is 9.76. The van der Waals surface area contributed by atoms with Crippen LogP contribution in [0.25, 0.3) is 10.8 Å². The highest BCUT2D eigenvalue weighted by Gasteiger charge is 2.27. The third-order valence-corrected chi connectivity index (χ3v) is 10.5. The Balaban J connectivity index is 1.48. The lowest BCUT2D eigenvalue weighted by Gasteiger charge is -2.30. The summed E-state index contributed by atoms with van der Waals surface area (Å²) in [5.41, 5.74) is 2.95. The number of fused-ring (bicyclic) bond motifs is 1. The number of ether oxygens (including phenoxy) is 1. The molecule has 0 saturated heterocycles. The van der Waals surface area contributed by atoms with Crippen molar-refractivity contribution in [1.29, 1.82) is 0 Å². The van der Waals surface area contributed by atoms with E-state index in [1.807, 2.05) is 6.07 Å². The van der Waals surface area contributed by atoms with Crippen LogP contribution in [0.3, 0.4) is 0 Å². The minimum Gasteiger partial charge on any atom is -0.506 e. The quantitative estimate of drug-likeness (QED) is 0.0795. The molecule has 0 unspecified atom stereocenters. The molecule has 0 fully saturated rings. The topological polar surface area (TPSA) is 134 Å². The number of phenolic OH excluding ortho intramolecular Hbond substituents is 1. The predicted octanol–water partition coefficient (Wildman–Crippen LogP) is 7.88. The summed E-state index contributed by atoms with van der Waals surface area (Å²) in [7, 11) is -4.08. The predicted molar refractivity (Wildman–Crippen MR) is 193 cm³/mol. The zero-order valence-corrected chi connectivity index (χ0v) is 29.7. The van der Waals surface area contributed by atoms with Crippen molar-refractivity contribution in [3.05, 3.63) is 89.5 Å². The number of hydrogen-bond acceptors (Lipinski definition) is 6. The third-order valence-electron chi connectivity index (χ3n) is 9.11. The summed E-state index contributed by atoms with van der Waals surface area (Å²) >= 11 is 0. The van der Waals surface area contributed by atoms with E-state index >= 15 is 0 Å². The van der Waals surface area contributed by atoms with Crippen molar-refractivity contribution in [2.75, 3.05) is 23.2 Å². The monoisotopic (exact) mass is 673 g/mol. The fourth-order valence-electron chi connectivity index (χ4n) is 5.29. The molecule has 9 nitrogen and oxygen atoms in total. The summed E-state index contributed by atoms with van der Waals surface area (Å²) in [5.74, 6) is -0.234. The normalized spacial score (nSPS) is 12.1. The Labute approximate surface area is 284 Å². The van der Waals surface area contributed by atoms with Crippen LogP contribution < -0.4 is 20.1 Å². The average molecular weight is 674 g/mol. The van der Waals surface area contributed by atoms with Gasteiger partial charge in [-0.2, -0.15) is 0 Å². The molecule has 0 bridgehead atoms. The molecule has 0 aromatic heterocycles. The number of anilines is 2. The van der Waals surface area contributed by atoms with Gasteiger partial charge in [-0.3, -0.25) is 14.3 Å². The number of aromatic hydroxyl groups is 1. The van der Waals surface area contributed by atoms with Crippen LogP contribution in [0, 0.1) is 0 Å². The van der Waals surface area contributed by atoms with Crippen molar-refractivity contribution in [1.82, 2.24) is 5.32 Å². The van der Waals surface area contributed by atoms with Gasteiger partial charge in [0.25, 0.3) is 15.9 Å². The molecule has 4 aromatic carbocycles. The van der Waals surface area contributed by atoms with Crippen molar-refractivity contribution < 1.29 is 27.9 Å². The van der Waals surface area contributed by atoms with Gasteiger partial charge in [0, 0.05) is 35.5 Å². The Bertz CT molecular complexity index is 1900. The molecule has 0 aliphatic heterocycles. The molecule has 4 aromatic rings. The number of rotatable bonds is 14. The van der Waals surface area contributed by atoms with Crippen LogP contribution in [-0.4, -0.2) is 38.5 Å². The Kier molecular flexibility index (Phi) is 11.1.